The summed E-state index contributed by atoms with van der Waals surface area (Å²) in [5.41, 5.74) is 1.99. The number of hydrogen-bond donors (Lipinski definition) is 3. The molecule has 1 aromatic carbocycles. The van der Waals surface area contributed by atoms with Gasteiger partial charge in [-0.2, -0.15) is 0 Å². The van der Waals surface area contributed by atoms with Crippen molar-refractivity contribution in [1.82, 2.24) is 5.48 Å². The second-order valence-corrected chi connectivity index (χ2v) is 3.04. The molecule has 0 fully saturated rings. The third kappa shape index (κ3) is 1.69. The molecular formula is C9H10FNO4. The summed E-state index contributed by atoms with van der Waals surface area (Å²) in [6.45, 7) is 0.551. The van der Waals surface area contributed by atoms with Crippen LogP contribution in [0.25, 0.3) is 0 Å². The number of hydrogen-bond acceptors (Lipinski definition) is 5. The van der Waals surface area contributed by atoms with Crippen LogP contribution >= 0.6 is 0 Å². The molecule has 0 unspecified atom stereocenters. The fourth-order valence-electron chi connectivity index (χ4n) is 1.45. The van der Waals surface area contributed by atoms with E-state index in [2.05, 4.69) is 0 Å². The standard InChI is InChI=1S/C9H10FNO4/c10-6-3-7-9(15-2-1-14-7)5(4-11-13)8(6)12/h3,11-13H,1-2,4H2. The summed E-state index contributed by atoms with van der Waals surface area (Å²) in [5, 5.41) is 18.0. The van der Waals surface area contributed by atoms with Crippen molar-refractivity contribution in [3.05, 3.63) is 17.4 Å². The molecule has 0 atom stereocenters. The van der Waals surface area contributed by atoms with E-state index in [4.69, 9.17) is 14.7 Å². The molecular weight excluding hydrogens is 205 g/mol. The first-order valence-electron chi connectivity index (χ1n) is 4.41. The Morgan fingerprint density at radius 3 is 2.87 bits per heavy atom. The van der Waals surface area contributed by atoms with E-state index in [-0.39, 0.29) is 23.6 Å². The summed E-state index contributed by atoms with van der Waals surface area (Å²) >= 11 is 0. The first-order chi connectivity index (χ1) is 7.24. The van der Waals surface area contributed by atoms with Crippen LogP contribution in [0, 0.1) is 5.82 Å². The fraction of sp³-hybridized carbons (Fsp3) is 0.333. The van der Waals surface area contributed by atoms with Crippen LogP contribution < -0.4 is 15.0 Å². The maximum atomic E-state index is 13.2. The number of halogens is 1. The molecule has 0 saturated carbocycles. The second kappa shape index (κ2) is 3.92. The quantitative estimate of drug-likeness (QED) is 0.636. The van der Waals surface area contributed by atoms with Crippen molar-refractivity contribution in [2.75, 3.05) is 13.2 Å². The lowest BCUT2D eigenvalue weighted by Gasteiger charge is -2.21. The number of phenolic OH excluding ortho intramolecular Hbond substituents is 1. The summed E-state index contributed by atoms with van der Waals surface area (Å²) in [4.78, 5) is 0. The van der Waals surface area contributed by atoms with Crippen LogP contribution in [0.2, 0.25) is 0 Å². The second-order valence-electron chi connectivity index (χ2n) is 3.04. The minimum atomic E-state index is -0.801. The zero-order valence-corrected chi connectivity index (χ0v) is 7.79. The summed E-state index contributed by atoms with van der Waals surface area (Å²) in [6, 6.07) is 1.06. The highest BCUT2D eigenvalue weighted by Gasteiger charge is 2.22. The molecule has 1 heterocycles. The summed E-state index contributed by atoms with van der Waals surface area (Å²) < 4.78 is 23.6. The SMILES string of the molecule is ONCc1c(O)c(F)cc2c1OCCO2. The number of fused-ring (bicyclic) bond motifs is 1. The van der Waals surface area contributed by atoms with Gasteiger partial charge in [-0.3, -0.25) is 0 Å². The molecule has 3 N–H and O–H groups in total. The first-order valence-corrected chi connectivity index (χ1v) is 4.41. The number of aromatic hydroxyl groups is 1. The summed E-state index contributed by atoms with van der Waals surface area (Å²) in [7, 11) is 0. The van der Waals surface area contributed by atoms with E-state index in [1.54, 1.807) is 0 Å². The Balaban J connectivity index is 2.52. The number of benzene rings is 1. The lowest BCUT2D eigenvalue weighted by atomic mass is 10.1. The van der Waals surface area contributed by atoms with Gasteiger partial charge in [-0.1, -0.05) is 0 Å². The third-order valence-electron chi connectivity index (χ3n) is 2.11. The normalized spacial score (nSPS) is 14.0. The smallest absolute Gasteiger partial charge is 0.169 e. The van der Waals surface area contributed by atoms with Gasteiger partial charge in [-0.15, -0.1) is 0 Å². The number of ether oxygens (including phenoxy) is 2. The van der Waals surface area contributed by atoms with Crippen LogP contribution in [0.5, 0.6) is 17.2 Å². The molecule has 15 heavy (non-hydrogen) atoms. The Labute approximate surface area is 85.0 Å². The zero-order valence-electron chi connectivity index (χ0n) is 7.79. The van der Waals surface area contributed by atoms with Crippen LogP contribution in [0.15, 0.2) is 6.07 Å². The molecule has 0 spiro atoms. The van der Waals surface area contributed by atoms with Crippen molar-refractivity contribution < 1.29 is 24.2 Å². The van der Waals surface area contributed by atoms with Crippen LogP contribution in [0.3, 0.4) is 0 Å². The van der Waals surface area contributed by atoms with Gasteiger partial charge < -0.3 is 19.8 Å². The number of nitrogens with one attached hydrogen (secondary N) is 1. The largest absolute Gasteiger partial charge is 0.504 e. The molecule has 0 radical (unpaired) electrons. The lowest BCUT2D eigenvalue weighted by molar-refractivity contribution is 0.147. The molecule has 0 amide bonds. The van der Waals surface area contributed by atoms with Gasteiger partial charge in [-0.25, -0.2) is 9.87 Å². The van der Waals surface area contributed by atoms with Crippen molar-refractivity contribution >= 4 is 0 Å². The molecule has 0 aliphatic carbocycles. The van der Waals surface area contributed by atoms with Crippen LogP contribution in [-0.4, -0.2) is 23.5 Å². The first kappa shape index (κ1) is 10.0. The van der Waals surface area contributed by atoms with Gasteiger partial charge in [0, 0.05) is 6.07 Å². The maximum absolute atomic E-state index is 13.2. The summed E-state index contributed by atoms with van der Waals surface area (Å²) in [6.07, 6.45) is 0. The Morgan fingerprint density at radius 1 is 1.40 bits per heavy atom. The van der Waals surface area contributed by atoms with Crippen LogP contribution in [0.1, 0.15) is 5.56 Å². The van der Waals surface area contributed by atoms with Gasteiger partial charge in [0.25, 0.3) is 0 Å². The van der Waals surface area contributed by atoms with E-state index in [1.807, 2.05) is 5.48 Å². The van der Waals surface area contributed by atoms with Crippen molar-refractivity contribution in [3.63, 3.8) is 0 Å². The molecule has 2 rings (SSSR count). The minimum absolute atomic E-state index is 0.116. The molecule has 0 bridgehead atoms. The highest BCUT2D eigenvalue weighted by Crippen LogP contribution is 2.40. The van der Waals surface area contributed by atoms with Gasteiger partial charge in [-0.05, 0) is 0 Å². The Morgan fingerprint density at radius 2 is 2.13 bits per heavy atom. The molecule has 0 aromatic heterocycles. The Hall–Kier alpha value is -1.53. The van der Waals surface area contributed by atoms with E-state index >= 15 is 0 Å². The van der Waals surface area contributed by atoms with E-state index in [9.17, 15) is 9.50 Å². The van der Waals surface area contributed by atoms with Gasteiger partial charge in [0.2, 0.25) is 0 Å². The van der Waals surface area contributed by atoms with Crippen molar-refractivity contribution in [1.29, 1.82) is 0 Å². The Kier molecular flexibility index (Phi) is 2.61. The zero-order chi connectivity index (χ0) is 10.8. The minimum Gasteiger partial charge on any atom is -0.504 e. The van der Waals surface area contributed by atoms with Crippen molar-refractivity contribution in [2.45, 2.75) is 6.54 Å². The van der Waals surface area contributed by atoms with Crippen molar-refractivity contribution in [3.8, 4) is 17.2 Å². The van der Waals surface area contributed by atoms with E-state index in [1.165, 1.54) is 0 Å². The van der Waals surface area contributed by atoms with Gasteiger partial charge >= 0.3 is 0 Å². The average Bonchev–Trinajstić information content (AvgIpc) is 2.25. The molecule has 5 nitrogen and oxygen atoms in total. The maximum Gasteiger partial charge on any atom is 0.169 e. The van der Waals surface area contributed by atoms with Crippen LogP contribution in [0.4, 0.5) is 4.39 Å². The average molecular weight is 215 g/mol. The molecule has 1 aliphatic heterocycles. The fourth-order valence-corrected chi connectivity index (χ4v) is 1.45. The summed E-state index contributed by atoms with van der Waals surface area (Å²) in [5.74, 6) is -0.839. The Bertz CT molecular complexity index is 383. The molecule has 6 heteroatoms. The number of hydroxylamine groups is 1. The molecule has 1 aliphatic rings. The highest BCUT2D eigenvalue weighted by atomic mass is 19.1. The predicted molar refractivity (Wildman–Crippen MR) is 47.7 cm³/mol. The topological polar surface area (TPSA) is 71.0 Å². The predicted octanol–water partition coefficient (Wildman–Crippen LogP) is 0.781. The molecule has 1 aromatic rings. The molecule has 82 valence electrons. The molecule has 0 saturated heterocycles. The van der Waals surface area contributed by atoms with Crippen LogP contribution in [-0.2, 0) is 6.54 Å². The van der Waals surface area contributed by atoms with Crippen molar-refractivity contribution in [2.24, 2.45) is 0 Å². The number of rotatable bonds is 2. The van der Waals surface area contributed by atoms with Gasteiger partial charge in [0.1, 0.15) is 13.2 Å². The van der Waals surface area contributed by atoms with Gasteiger partial charge in [0.05, 0.1) is 12.1 Å². The van der Waals surface area contributed by atoms with E-state index in [0.717, 1.165) is 6.07 Å². The lowest BCUT2D eigenvalue weighted by Crippen LogP contribution is -2.18. The van der Waals surface area contributed by atoms with Gasteiger partial charge in [0.15, 0.2) is 23.1 Å². The van der Waals surface area contributed by atoms with E-state index < -0.39 is 11.6 Å². The third-order valence-corrected chi connectivity index (χ3v) is 2.11. The highest BCUT2D eigenvalue weighted by molar-refractivity contribution is 5.54. The monoisotopic (exact) mass is 215 g/mol. The van der Waals surface area contributed by atoms with E-state index in [0.29, 0.717) is 13.2 Å². The number of phenols is 1.